The molecule has 1 heterocycles. The highest BCUT2D eigenvalue weighted by molar-refractivity contribution is 5.99. The molecule has 2 rings (SSSR count). The van der Waals surface area contributed by atoms with Crippen LogP contribution >= 0.6 is 0 Å². The fourth-order valence-electron chi connectivity index (χ4n) is 1.26. The van der Waals surface area contributed by atoms with Crippen molar-refractivity contribution in [1.82, 2.24) is 0 Å². The summed E-state index contributed by atoms with van der Waals surface area (Å²) in [6.45, 7) is 0.341. The first-order valence-electron chi connectivity index (χ1n) is 4.12. The molecule has 3 heteroatoms. The fourth-order valence-corrected chi connectivity index (χ4v) is 1.26. The van der Waals surface area contributed by atoms with Gasteiger partial charge in [-0.25, -0.2) is 4.79 Å². The predicted octanol–water partition coefficient (Wildman–Crippen LogP) is 1.82. The van der Waals surface area contributed by atoms with Crippen LogP contribution in [0.1, 0.15) is 5.56 Å². The molecule has 1 aliphatic rings. The Balaban J connectivity index is 2.07. The summed E-state index contributed by atoms with van der Waals surface area (Å²) in [7, 11) is 0. The van der Waals surface area contributed by atoms with Gasteiger partial charge in [0.15, 0.2) is 0 Å². The highest BCUT2D eigenvalue weighted by Gasteiger charge is 2.14. The van der Waals surface area contributed by atoms with Crippen molar-refractivity contribution in [2.45, 2.75) is 6.42 Å². The Kier molecular flexibility index (Phi) is 2.08. The lowest BCUT2D eigenvalue weighted by atomic mass is 10.1. The molecule has 0 aliphatic carbocycles. The molecule has 0 atom stereocenters. The van der Waals surface area contributed by atoms with Crippen molar-refractivity contribution in [3.05, 3.63) is 35.9 Å². The first-order valence-corrected chi connectivity index (χ1v) is 4.12. The molecule has 1 aliphatic heterocycles. The number of carbonyl (C=O) groups excluding carboxylic acids is 1. The van der Waals surface area contributed by atoms with Gasteiger partial charge in [-0.2, -0.15) is 4.99 Å². The molecule has 1 aromatic rings. The second-order valence-electron chi connectivity index (χ2n) is 2.89. The Bertz CT molecular complexity index is 343. The molecule has 0 radical (unpaired) electrons. The molecule has 0 spiro atoms. The van der Waals surface area contributed by atoms with Gasteiger partial charge in [-0.1, -0.05) is 30.3 Å². The van der Waals surface area contributed by atoms with Crippen molar-refractivity contribution in [2.75, 3.05) is 6.61 Å². The Hall–Kier alpha value is -1.64. The Morgan fingerprint density at radius 2 is 2.08 bits per heavy atom. The van der Waals surface area contributed by atoms with Crippen LogP contribution in [0.2, 0.25) is 0 Å². The van der Waals surface area contributed by atoms with Gasteiger partial charge >= 0.3 is 6.09 Å². The van der Waals surface area contributed by atoms with Gasteiger partial charge < -0.3 is 4.74 Å². The van der Waals surface area contributed by atoms with E-state index in [4.69, 9.17) is 4.74 Å². The van der Waals surface area contributed by atoms with Crippen molar-refractivity contribution in [1.29, 1.82) is 0 Å². The van der Waals surface area contributed by atoms with Crippen LogP contribution in [0, 0.1) is 0 Å². The number of aliphatic imine (C=N–C) groups is 1. The number of amides is 1. The van der Waals surface area contributed by atoms with Crippen LogP contribution in [0.5, 0.6) is 0 Å². The summed E-state index contributed by atoms with van der Waals surface area (Å²) < 4.78 is 4.70. The number of carbonyl (C=O) groups is 1. The van der Waals surface area contributed by atoms with Gasteiger partial charge in [-0.05, 0) is 5.56 Å². The topological polar surface area (TPSA) is 38.7 Å². The SMILES string of the molecule is O=C1N=C(Cc2ccccc2)CO1. The molecular weight excluding hydrogens is 166 g/mol. The fraction of sp³-hybridized carbons (Fsp3) is 0.200. The second kappa shape index (κ2) is 3.39. The Morgan fingerprint density at radius 1 is 1.31 bits per heavy atom. The number of cyclic esters (lactones) is 1. The molecule has 1 amide bonds. The lowest BCUT2D eigenvalue weighted by Crippen LogP contribution is -2.04. The number of ether oxygens (including phenoxy) is 1. The molecule has 1 aromatic carbocycles. The van der Waals surface area contributed by atoms with Crippen LogP contribution in [0.25, 0.3) is 0 Å². The second-order valence-corrected chi connectivity index (χ2v) is 2.89. The van der Waals surface area contributed by atoms with Crippen LogP contribution < -0.4 is 0 Å². The highest BCUT2D eigenvalue weighted by Crippen LogP contribution is 2.05. The normalized spacial score (nSPS) is 15.4. The standard InChI is InChI=1S/C10H9NO2/c12-10-11-9(7-13-10)6-8-4-2-1-3-5-8/h1-5H,6-7H2. The van der Waals surface area contributed by atoms with E-state index in [0.29, 0.717) is 13.0 Å². The number of hydrogen-bond donors (Lipinski definition) is 0. The van der Waals surface area contributed by atoms with Crippen LogP contribution in [-0.4, -0.2) is 18.4 Å². The summed E-state index contributed by atoms with van der Waals surface area (Å²) in [6, 6.07) is 9.90. The van der Waals surface area contributed by atoms with E-state index in [1.807, 2.05) is 30.3 Å². The maximum absolute atomic E-state index is 10.6. The molecule has 0 aromatic heterocycles. The minimum Gasteiger partial charge on any atom is -0.442 e. The number of rotatable bonds is 2. The molecule has 0 bridgehead atoms. The third-order valence-electron chi connectivity index (χ3n) is 1.86. The van der Waals surface area contributed by atoms with Gasteiger partial charge in [-0.15, -0.1) is 0 Å². The average molecular weight is 175 g/mol. The van der Waals surface area contributed by atoms with Crippen LogP contribution in [0.4, 0.5) is 4.79 Å². The molecule has 3 nitrogen and oxygen atoms in total. The summed E-state index contributed by atoms with van der Waals surface area (Å²) in [5, 5.41) is 0. The maximum Gasteiger partial charge on any atom is 0.434 e. The third kappa shape index (κ3) is 1.93. The lowest BCUT2D eigenvalue weighted by molar-refractivity contribution is 0.181. The Morgan fingerprint density at radius 3 is 2.69 bits per heavy atom. The highest BCUT2D eigenvalue weighted by atomic mass is 16.6. The van der Waals surface area contributed by atoms with Crippen LogP contribution in [-0.2, 0) is 11.2 Å². The first kappa shape index (κ1) is 7.98. The minimum absolute atomic E-state index is 0.341. The first-order chi connectivity index (χ1) is 6.34. The summed E-state index contributed by atoms with van der Waals surface area (Å²) in [6.07, 6.45) is 0.234. The van der Waals surface area contributed by atoms with Crippen LogP contribution in [0.15, 0.2) is 35.3 Å². The maximum atomic E-state index is 10.6. The molecule has 0 fully saturated rings. The van der Waals surface area contributed by atoms with Crippen molar-refractivity contribution < 1.29 is 9.53 Å². The van der Waals surface area contributed by atoms with E-state index in [9.17, 15) is 4.79 Å². The zero-order chi connectivity index (χ0) is 9.10. The minimum atomic E-state index is -0.467. The van der Waals surface area contributed by atoms with E-state index in [-0.39, 0.29) is 0 Å². The number of benzene rings is 1. The van der Waals surface area contributed by atoms with Gasteiger partial charge in [0.1, 0.15) is 6.61 Å². The largest absolute Gasteiger partial charge is 0.442 e. The van der Waals surface area contributed by atoms with Crippen molar-refractivity contribution in [2.24, 2.45) is 4.99 Å². The summed E-state index contributed by atoms with van der Waals surface area (Å²) in [4.78, 5) is 14.4. The van der Waals surface area contributed by atoms with Crippen molar-refractivity contribution >= 4 is 11.8 Å². The van der Waals surface area contributed by atoms with Gasteiger partial charge in [0.05, 0.1) is 5.71 Å². The zero-order valence-electron chi connectivity index (χ0n) is 7.06. The molecule has 0 N–H and O–H groups in total. The van der Waals surface area contributed by atoms with Crippen molar-refractivity contribution in [3.8, 4) is 0 Å². The van der Waals surface area contributed by atoms with Gasteiger partial charge in [0.25, 0.3) is 0 Å². The monoisotopic (exact) mass is 175 g/mol. The molecule has 0 saturated carbocycles. The van der Waals surface area contributed by atoms with Crippen molar-refractivity contribution in [3.63, 3.8) is 0 Å². The zero-order valence-corrected chi connectivity index (χ0v) is 7.06. The molecule has 0 unspecified atom stereocenters. The van der Waals surface area contributed by atoms with E-state index in [0.717, 1.165) is 11.3 Å². The van der Waals surface area contributed by atoms with Gasteiger partial charge in [0.2, 0.25) is 0 Å². The molecular formula is C10H9NO2. The quantitative estimate of drug-likeness (QED) is 0.687. The van der Waals surface area contributed by atoms with E-state index in [1.54, 1.807) is 0 Å². The summed E-state index contributed by atoms with van der Waals surface area (Å²) >= 11 is 0. The molecule has 13 heavy (non-hydrogen) atoms. The van der Waals surface area contributed by atoms with E-state index < -0.39 is 6.09 Å². The van der Waals surface area contributed by atoms with Crippen LogP contribution in [0.3, 0.4) is 0 Å². The Labute approximate surface area is 76.1 Å². The van der Waals surface area contributed by atoms with Gasteiger partial charge in [-0.3, -0.25) is 0 Å². The number of hydrogen-bond acceptors (Lipinski definition) is 2. The molecule has 0 saturated heterocycles. The molecule has 66 valence electrons. The lowest BCUT2D eigenvalue weighted by Gasteiger charge is -1.97. The van der Waals surface area contributed by atoms with E-state index in [1.165, 1.54) is 0 Å². The van der Waals surface area contributed by atoms with E-state index in [2.05, 4.69) is 4.99 Å². The van der Waals surface area contributed by atoms with Gasteiger partial charge in [0, 0.05) is 6.42 Å². The summed E-state index contributed by atoms with van der Waals surface area (Å²) in [5.74, 6) is 0. The van der Waals surface area contributed by atoms with E-state index >= 15 is 0 Å². The summed E-state index contributed by atoms with van der Waals surface area (Å²) in [5.41, 5.74) is 1.95. The smallest absolute Gasteiger partial charge is 0.434 e. The average Bonchev–Trinajstić information content (AvgIpc) is 2.53. The third-order valence-corrected chi connectivity index (χ3v) is 1.86. The number of nitrogens with zero attached hydrogens (tertiary/aromatic N) is 1. The predicted molar refractivity (Wildman–Crippen MR) is 48.9 cm³/mol.